The molecule has 116 valence electrons. The summed E-state index contributed by atoms with van der Waals surface area (Å²) in [6.45, 7) is 1.10. The van der Waals surface area contributed by atoms with E-state index in [-0.39, 0.29) is 6.54 Å². The quantitative estimate of drug-likeness (QED) is 0.814. The van der Waals surface area contributed by atoms with Gasteiger partial charge in [0.1, 0.15) is 5.82 Å². The van der Waals surface area contributed by atoms with Crippen LogP contribution in [0.25, 0.3) is 0 Å². The molecule has 21 heavy (non-hydrogen) atoms. The summed E-state index contributed by atoms with van der Waals surface area (Å²) < 4.78 is 51.2. The lowest BCUT2D eigenvalue weighted by atomic mass is 9.89. The van der Waals surface area contributed by atoms with E-state index in [4.69, 9.17) is 0 Å². The van der Waals surface area contributed by atoms with Crippen LogP contribution in [0, 0.1) is 23.6 Å². The van der Waals surface area contributed by atoms with Crippen LogP contribution in [0.15, 0.2) is 18.2 Å². The average Bonchev–Trinajstić information content (AvgIpc) is 2.99. The molecule has 0 heterocycles. The van der Waals surface area contributed by atoms with Gasteiger partial charge in [-0.3, -0.25) is 0 Å². The average molecular weight is 301 g/mol. The van der Waals surface area contributed by atoms with E-state index in [9.17, 15) is 17.6 Å². The Morgan fingerprint density at radius 2 is 1.90 bits per heavy atom. The first-order chi connectivity index (χ1) is 9.91. The molecule has 1 aromatic carbocycles. The number of hydrogen-bond donors (Lipinski definition) is 1. The van der Waals surface area contributed by atoms with Gasteiger partial charge in [0.05, 0.1) is 5.56 Å². The molecular weight excluding hydrogens is 282 g/mol. The molecule has 2 aliphatic rings. The fourth-order valence-corrected chi connectivity index (χ4v) is 3.94. The second-order valence-electron chi connectivity index (χ2n) is 6.41. The third kappa shape index (κ3) is 3.39. The van der Waals surface area contributed by atoms with Gasteiger partial charge in [0.25, 0.3) is 0 Å². The maximum absolute atomic E-state index is 13.3. The SMILES string of the molecule is Fc1cc(CNCC2CC3CCC2C3)cc(C(F)(F)F)c1. The summed E-state index contributed by atoms with van der Waals surface area (Å²) >= 11 is 0. The summed E-state index contributed by atoms with van der Waals surface area (Å²) in [5.74, 6) is 1.44. The number of fused-ring (bicyclic) bond motifs is 2. The number of benzene rings is 1. The van der Waals surface area contributed by atoms with Crippen LogP contribution in [-0.4, -0.2) is 6.54 Å². The van der Waals surface area contributed by atoms with Crippen molar-refractivity contribution >= 4 is 0 Å². The number of nitrogens with one attached hydrogen (secondary N) is 1. The van der Waals surface area contributed by atoms with Crippen LogP contribution in [-0.2, 0) is 12.7 Å². The molecule has 5 heteroatoms. The number of rotatable bonds is 4. The first-order valence-corrected chi connectivity index (χ1v) is 7.49. The number of halogens is 4. The van der Waals surface area contributed by atoms with Crippen LogP contribution >= 0.6 is 0 Å². The van der Waals surface area contributed by atoms with Gasteiger partial charge in [0.2, 0.25) is 0 Å². The molecule has 0 amide bonds. The molecule has 3 rings (SSSR count). The van der Waals surface area contributed by atoms with E-state index in [1.807, 2.05) is 0 Å². The van der Waals surface area contributed by atoms with Gasteiger partial charge in [-0.15, -0.1) is 0 Å². The molecule has 1 aromatic rings. The smallest absolute Gasteiger partial charge is 0.312 e. The first-order valence-electron chi connectivity index (χ1n) is 7.49. The van der Waals surface area contributed by atoms with Gasteiger partial charge in [0, 0.05) is 6.54 Å². The Morgan fingerprint density at radius 3 is 2.52 bits per heavy atom. The Balaban J connectivity index is 1.56. The van der Waals surface area contributed by atoms with Crippen molar-refractivity contribution in [2.24, 2.45) is 17.8 Å². The lowest BCUT2D eigenvalue weighted by molar-refractivity contribution is -0.137. The number of hydrogen-bond acceptors (Lipinski definition) is 1. The second kappa shape index (κ2) is 5.59. The Bertz CT molecular complexity index is 511. The van der Waals surface area contributed by atoms with E-state index in [1.165, 1.54) is 31.7 Å². The molecule has 0 aliphatic heterocycles. The van der Waals surface area contributed by atoms with Crippen molar-refractivity contribution in [1.29, 1.82) is 0 Å². The van der Waals surface area contributed by atoms with Crippen molar-refractivity contribution < 1.29 is 17.6 Å². The summed E-state index contributed by atoms with van der Waals surface area (Å²) in [5.41, 5.74) is -0.565. The zero-order chi connectivity index (χ0) is 15.0. The molecule has 2 saturated carbocycles. The van der Waals surface area contributed by atoms with Crippen LogP contribution in [0.1, 0.15) is 36.8 Å². The minimum atomic E-state index is -4.50. The minimum absolute atomic E-state index is 0.286. The van der Waals surface area contributed by atoms with Crippen LogP contribution in [0.5, 0.6) is 0 Å². The standard InChI is InChI=1S/C16H19F4N/c17-15-6-11(5-14(7-15)16(18,19)20)8-21-9-13-4-10-1-2-12(13)3-10/h5-7,10,12-13,21H,1-4,8-9H2. The molecule has 1 nitrogen and oxygen atoms in total. The molecule has 0 saturated heterocycles. The van der Waals surface area contributed by atoms with Crippen LogP contribution in [0.2, 0.25) is 0 Å². The fraction of sp³-hybridized carbons (Fsp3) is 0.625. The highest BCUT2D eigenvalue weighted by Gasteiger charge is 2.38. The maximum atomic E-state index is 13.3. The topological polar surface area (TPSA) is 12.0 Å². The minimum Gasteiger partial charge on any atom is -0.312 e. The van der Waals surface area contributed by atoms with E-state index >= 15 is 0 Å². The van der Waals surface area contributed by atoms with Crippen LogP contribution < -0.4 is 5.32 Å². The Hall–Kier alpha value is -1.10. The zero-order valence-corrected chi connectivity index (χ0v) is 11.7. The molecule has 2 bridgehead atoms. The molecule has 0 radical (unpaired) electrons. The summed E-state index contributed by atoms with van der Waals surface area (Å²) in [5, 5.41) is 3.20. The van der Waals surface area contributed by atoms with Gasteiger partial charge in [-0.05, 0) is 67.3 Å². The van der Waals surface area contributed by atoms with Gasteiger partial charge in [0.15, 0.2) is 0 Å². The van der Waals surface area contributed by atoms with Gasteiger partial charge < -0.3 is 5.32 Å². The molecule has 3 unspecified atom stereocenters. The van der Waals surface area contributed by atoms with E-state index in [0.717, 1.165) is 24.4 Å². The van der Waals surface area contributed by atoms with Crippen LogP contribution in [0.3, 0.4) is 0 Å². The van der Waals surface area contributed by atoms with Crippen molar-refractivity contribution in [3.8, 4) is 0 Å². The molecule has 1 N–H and O–H groups in total. The molecule has 3 atom stereocenters. The summed E-state index contributed by atoms with van der Waals surface area (Å²) in [7, 11) is 0. The van der Waals surface area contributed by atoms with E-state index in [1.54, 1.807) is 0 Å². The third-order valence-electron chi connectivity index (χ3n) is 4.91. The summed E-state index contributed by atoms with van der Waals surface area (Å²) in [4.78, 5) is 0. The molecular formula is C16H19F4N. The van der Waals surface area contributed by atoms with Gasteiger partial charge in [-0.1, -0.05) is 6.42 Å². The molecule has 0 spiro atoms. The highest BCUT2D eigenvalue weighted by atomic mass is 19.4. The molecule has 0 aromatic heterocycles. The normalized spacial score (nSPS) is 28.3. The highest BCUT2D eigenvalue weighted by molar-refractivity contribution is 5.26. The Kier molecular flexibility index (Phi) is 3.95. The third-order valence-corrected chi connectivity index (χ3v) is 4.91. The zero-order valence-electron chi connectivity index (χ0n) is 11.7. The molecule has 2 aliphatic carbocycles. The highest BCUT2D eigenvalue weighted by Crippen LogP contribution is 2.47. The van der Waals surface area contributed by atoms with Crippen LogP contribution in [0.4, 0.5) is 17.6 Å². The largest absolute Gasteiger partial charge is 0.416 e. The predicted octanol–water partition coefficient (Wildman–Crippen LogP) is 4.37. The van der Waals surface area contributed by atoms with Crippen molar-refractivity contribution in [2.75, 3.05) is 6.54 Å². The fourth-order valence-electron chi connectivity index (χ4n) is 3.94. The van der Waals surface area contributed by atoms with E-state index < -0.39 is 17.6 Å². The second-order valence-corrected chi connectivity index (χ2v) is 6.41. The Morgan fingerprint density at radius 1 is 1.10 bits per heavy atom. The number of alkyl halides is 3. The lowest BCUT2D eigenvalue weighted by Gasteiger charge is -2.22. The Labute approximate surface area is 121 Å². The predicted molar refractivity (Wildman–Crippen MR) is 72.0 cm³/mol. The van der Waals surface area contributed by atoms with Gasteiger partial charge in [-0.25, -0.2) is 4.39 Å². The van der Waals surface area contributed by atoms with Crippen molar-refractivity contribution in [3.63, 3.8) is 0 Å². The van der Waals surface area contributed by atoms with Crippen molar-refractivity contribution in [1.82, 2.24) is 5.32 Å². The molecule has 2 fully saturated rings. The van der Waals surface area contributed by atoms with Crippen molar-refractivity contribution in [3.05, 3.63) is 35.1 Å². The lowest BCUT2D eigenvalue weighted by Crippen LogP contribution is -2.26. The monoisotopic (exact) mass is 301 g/mol. The summed E-state index contributed by atoms with van der Waals surface area (Å²) in [6, 6.07) is 2.74. The maximum Gasteiger partial charge on any atom is 0.416 e. The van der Waals surface area contributed by atoms with E-state index in [0.29, 0.717) is 17.5 Å². The van der Waals surface area contributed by atoms with Crippen molar-refractivity contribution in [2.45, 2.75) is 38.4 Å². The summed E-state index contributed by atoms with van der Waals surface area (Å²) in [6.07, 6.45) is 0.663. The van der Waals surface area contributed by atoms with Gasteiger partial charge in [-0.2, -0.15) is 13.2 Å². The van der Waals surface area contributed by atoms with E-state index in [2.05, 4.69) is 5.32 Å². The first kappa shape index (κ1) is 14.8. The van der Waals surface area contributed by atoms with Gasteiger partial charge >= 0.3 is 6.18 Å².